The molecule has 1 amide bonds. The minimum Gasteiger partial charge on any atom is -0.506 e. The SMILES string of the molecule is COc1ccc(CC(=O)NN=Cc2c(Br)cc(Br)c(O)c2Br)cc1OC. The van der Waals surface area contributed by atoms with Gasteiger partial charge in [-0.25, -0.2) is 5.43 Å². The van der Waals surface area contributed by atoms with E-state index < -0.39 is 0 Å². The normalized spacial score (nSPS) is 10.8. The van der Waals surface area contributed by atoms with E-state index in [9.17, 15) is 9.90 Å². The minimum atomic E-state index is -0.290. The summed E-state index contributed by atoms with van der Waals surface area (Å²) in [6.07, 6.45) is 1.57. The maximum Gasteiger partial charge on any atom is 0.244 e. The maximum absolute atomic E-state index is 12.1. The summed E-state index contributed by atoms with van der Waals surface area (Å²) in [5.41, 5.74) is 3.82. The molecular formula is C17H15Br3N2O4. The zero-order valence-electron chi connectivity index (χ0n) is 13.8. The van der Waals surface area contributed by atoms with Crippen molar-refractivity contribution in [1.29, 1.82) is 0 Å². The fourth-order valence-corrected chi connectivity index (χ4v) is 4.42. The number of benzene rings is 2. The molecule has 0 aliphatic heterocycles. The number of nitrogens with one attached hydrogen (secondary N) is 1. The van der Waals surface area contributed by atoms with Crippen LogP contribution in [0.3, 0.4) is 0 Å². The largest absolute Gasteiger partial charge is 0.506 e. The number of hydrazone groups is 1. The summed E-state index contributed by atoms with van der Waals surface area (Å²) in [7, 11) is 3.09. The summed E-state index contributed by atoms with van der Waals surface area (Å²) < 4.78 is 12.1. The average molecular weight is 551 g/mol. The Kier molecular flexibility index (Phi) is 7.48. The van der Waals surface area contributed by atoms with Gasteiger partial charge in [0.25, 0.3) is 0 Å². The molecule has 26 heavy (non-hydrogen) atoms. The molecule has 6 nitrogen and oxygen atoms in total. The number of nitrogens with zero attached hydrogens (tertiary/aromatic N) is 1. The lowest BCUT2D eigenvalue weighted by molar-refractivity contribution is -0.120. The van der Waals surface area contributed by atoms with Crippen LogP contribution in [-0.4, -0.2) is 31.4 Å². The van der Waals surface area contributed by atoms with Crippen molar-refractivity contribution >= 4 is 59.9 Å². The first-order valence-electron chi connectivity index (χ1n) is 7.26. The number of aromatic hydroxyl groups is 1. The van der Waals surface area contributed by atoms with E-state index in [2.05, 4.69) is 58.3 Å². The average Bonchev–Trinajstić information content (AvgIpc) is 2.62. The highest BCUT2D eigenvalue weighted by atomic mass is 79.9. The van der Waals surface area contributed by atoms with E-state index in [1.54, 1.807) is 31.4 Å². The quantitative estimate of drug-likeness (QED) is 0.413. The highest BCUT2D eigenvalue weighted by molar-refractivity contribution is 9.11. The van der Waals surface area contributed by atoms with Gasteiger partial charge in [-0.2, -0.15) is 5.10 Å². The van der Waals surface area contributed by atoms with Gasteiger partial charge >= 0.3 is 0 Å². The lowest BCUT2D eigenvalue weighted by atomic mass is 10.1. The number of carbonyl (C=O) groups is 1. The summed E-state index contributed by atoms with van der Waals surface area (Å²) in [6.45, 7) is 0. The Morgan fingerprint density at radius 1 is 1.15 bits per heavy atom. The van der Waals surface area contributed by atoms with E-state index in [1.165, 1.54) is 13.3 Å². The van der Waals surface area contributed by atoms with E-state index in [0.717, 1.165) is 5.56 Å². The van der Waals surface area contributed by atoms with Gasteiger partial charge < -0.3 is 14.6 Å². The number of hydrogen-bond acceptors (Lipinski definition) is 5. The molecule has 0 unspecified atom stereocenters. The van der Waals surface area contributed by atoms with Crippen LogP contribution in [0.1, 0.15) is 11.1 Å². The molecule has 2 aromatic carbocycles. The van der Waals surface area contributed by atoms with Gasteiger partial charge in [-0.15, -0.1) is 0 Å². The first kappa shape index (κ1) is 20.7. The summed E-state index contributed by atoms with van der Waals surface area (Å²) >= 11 is 9.91. The van der Waals surface area contributed by atoms with Crippen LogP contribution in [0.4, 0.5) is 0 Å². The van der Waals surface area contributed by atoms with Gasteiger partial charge in [0.1, 0.15) is 5.75 Å². The molecule has 0 aliphatic rings. The summed E-state index contributed by atoms with van der Waals surface area (Å²) in [6, 6.07) is 6.95. The number of phenols is 1. The number of methoxy groups -OCH3 is 2. The van der Waals surface area contributed by atoms with Crippen LogP contribution in [0.2, 0.25) is 0 Å². The predicted molar refractivity (Wildman–Crippen MR) is 110 cm³/mol. The summed E-state index contributed by atoms with van der Waals surface area (Å²) in [5.74, 6) is 0.910. The van der Waals surface area contributed by atoms with Crippen molar-refractivity contribution in [2.75, 3.05) is 14.2 Å². The van der Waals surface area contributed by atoms with Crippen molar-refractivity contribution in [3.8, 4) is 17.2 Å². The van der Waals surface area contributed by atoms with Gasteiger partial charge in [0.15, 0.2) is 11.5 Å². The van der Waals surface area contributed by atoms with Crippen LogP contribution in [0, 0.1) is 0 Å². The monoisotopic (exact) mass is 548 g/mol. The van der Waals surface area contributed by atoms with Gasteiger partial charge in [-0.05, 0) is 55.6 Å². The highest BCUT2D eigenvalue weighted by Crippen LogP contribution is 2.38. The van der Waals surface area contributed by atoms with Crippen LogP contribution in [0.15, 0.2) is 42.8 Å². The van der Waals surface area contributed by atoms with E-state index in [4.69, 9.17) is 9.47 Å². The second kappa shape index (κ2) is 9.38. The molecule has 0 saturated heterocycles. The molecular weight excluding hydrogens is 536 g/mol. The van der Waals surface area contributed by atoms with E-state index in [-0.39, 0.29) is 18.1 Å². The molecule has 2 aromatic rings. The van der Waals surface area contributed by atoms with Crippen molar-refractivity contribution in [2.24, 2.45) is 5.10 Å². The number of amides is 1. The van der Waals surface area contributed by atoms with Crippen LogP contribution >= 0.6 is 47.8 Å². The number of hydrogen-bond donors (Lipinski definition) is 2. The third-order valence-corrected chi connectivity index (χ3v) is 5.44. The Hall–Kier alpha value is -1.58. The molecule has 2 N–H and O–H groups in total. The van der Waals surface area contributed by atoms with Gasteiger partial charge in [0.2, 0.25) is 5.91 Å². The number of rotatable bonds is 6. The van der Waals surface area contributed by atoms with Crippen molar-refractivity contribution in [2.45, 2.75) is 6.42 Å². The van der Waals surface area contributed by atoms with Gasteiger partial charge in [-0.1, -0.05) is 22.0 Å². The first-order valence-corrected chi connectivity index (χ1v) is 9.64. The second-order valence-corrected chi connectivity index (χ2v) is 7.58. The fraction of sp³-hybridized carbons (Fsp3) is 0.176. The van der Waals surface area contributed by atoms with E-state index in [0.29, 0.717) is 30.5 Å². The summed E-state index contributed by atoms with van der Waals surface area (Å²) in [4.78, 5) is 12.1. The molecule has 0 aliphatic carbocycles. The lowest BCUT2D eigenvalue weighted by Crippen LogP contribution is -2.19. The fourth-order valence-electron chi connectivity index (χ4n) is 2.10. The van der Waals surface area contributed by atoms with Crippen molar-refractivity contribution in [1.82, 2.24) is 5.43 Å². The number of phenolic OH excluding ortho intramolecular Hbond substituents is 1. The molecule has 0 spiro atoms. The Morgan fingerprint density at radius 3 is 2.50 bits per heavy atom. The van der Waals surface area contributed by atoms with Gasteiger partial charge in [0, 0.05) is 10.0 Å². The van der Waals surface area contributed by atoms with E-state index in [1.807, 2.05) is 0 Å². The van der Waals surface area contributed by atoms with Crippen molar-refractivity contribution < 1.29 is 19.4 Å². The molecule has 0 saturated carbocycles. The minimum absolute atomic E-state index is 0.0475. The molecule has 0 bridgehead atoms. The van der Waals surface area contributed by atoms with Gasteiger partial charge in [0.05, 0.1) is 35.8 Å². The standard InChI is InChI=1S/C17H15Br3N2O4/c1-25-13-4-3-9(5-14(13)26-2)6-15(23)22-21-8-10-11(18)7-12(19)17(24)16(10)20/h3-5,7-8,24H,6H2,1-2H3,(H,22,23). The smallest absolute Gasteiger partial charge is 0.244 e. The third kappa shape index (κ3) is 4.99. The molecule has 0 aromatic heterocycles. The third-order valence-electron chi connectivity index (χ3n) is 3.38. The lowest BCUT2D eigenvalue weighted by Gasteiger charge is -2.09. The van der Waals surface area contributed by atoms with E-state index >= 15 is 0 Å². The van der Waals surface area contributed by atoms with Crippen LogP contribution in [-0.2, 0) is 11.2 Å². The van der Waals surface area contributed by atoms with Crippen LogP contribution < -0.4 is 14.9 Å². The van der Waals surface area contributed by atoms with Gasteiger partial charge in [-0.3, -0.25) is 4.79 Å². The Morgan fingerprint density at radius 2 is 1.85 bits per heavy atom. The first-order chi connectivity index (χ1) is 12.4. The second-order valence-electron chi connectivity index (χ2n) is 5.08. The molecule has 0 radical (unpaired) electrons. The predicted octanol–water partition coefficient (Wildman–Crippen LogP) is 4.39. The van der Waals surface area contributed by atoms with Crippen molar-refractivity contribution in [3.63, 3.8) is 0 Å². The molecule has 0 atom stereocenters. The van der Waals surface area contributed by atoms with Crippen LogP contribution in [0.5, 0.6) is 17.2 Å². The number of halogens is 3. The zero-order valence-corrected chi connectivity index (χ0v) is 18.6. The Labute approximate surface area is 176 Å². The Balaban J connectivity index is 2.06. The molecule has 0 heterocycles. The number of carbonyl (C=O) groups excluding carboxylic acids is 1. The molecule has 2 rings (SSSR count). The summed E-state index contributed by atoms with van der Waals surface area (Å²) in [5, 5.41) is 13.9. The molecule has 9 heteroatoms. The topological polar surface area (TPSA) is 80.2 Å². The van der Waals surface area contributed by atoms with Crippen molar-refractivity contribution in [3.05, 3.63) is 48.8 Å². The Bertz CT molecular complexity index is 856. The molecule has 0 fully saturated rings. The highest BCUT2D eigenvalue weighted by Gasteiger charge is 2.12. The zero-order chi connectivity index (χ0) is 19.3. The maximum atomic E-state index is 12.1. The van der Waals surface area contributed by atoms with Crippen LogP contribution in [0.25, 0.3) is 0 Å². The molecule has 138 valence electrons. The number of ether oxygens (including phenoxy) is 2.